The maximum absolute atomic E-state index is 12.6. The number of nitrogens with zero attached hydrogens (tertiary/aromatic N) is 1. The van der Waals surface area contributed by atoms with E-state index in [1.807, 2.05) is 23.6 Å². The number of aliphatic hydroxyl groups excluding tert-OH is 1. The van der Waals surface area contributed by atoms with Crippen molar-refractivity contribution in [2.75, 3.05) is 26.7 Å². The molecule has 8 nitrogen and oxygen atoms in total. The van der Waals surface area contributed by atoms with E-state index >= 15 is 0 Å². The Balaban J connectivity index is 1.82. The van der Waals surface area contributed by atoms with Crippen molar-refractivity contribution in [1.82, 2.24) is 15.5 Å². The molecule has 1 aromatic heterocycles. The van der Waals surface area contributed by atoms with Crippen LogP contribution < -0.4 is 16.4 Å². The Morgan fingerprint density at radius 1 is 1.27 bits per heavy atom. The smallest absolute Gasteiger partial charge is 0.312 e. The Morgan fingerprint density at radius 3 is 2.77 bits per heavy atom. The molecule has 0 spiro atoms. The van der Waals surface area contributed by atoms with Crippen LogP contribution >= 0.6 is 11.3 Å². The number of primary amides is 1. The number of likely N-dealkylation sites (N-methyl/N-ethyl adjacent to an activating group) is 1. The lowest BCUT2D eigenvalue weighted by atomic mass is 10.1. The number of hydrogen-bond donors (Lipinski definition) is 4. The Bertz CT molecular complexity index is 792. The fourth-order valence-corrected chi connectivity index (χ4v) is 3.36. The summed E-state index contributed by atoms with van der Waals surface area (Å²) in [6, 6.07) is 6.79. The van der Waals surface area contributed by atoms with Crippen LogP contribution in [0.25, 0.3) is 10.1 Å². The number of carbonyl (C=O) groups is 3. The van der Waals surface area contributed by atoms with Gasteiger partial charge in [-0.3, -0.25) is 9.59 Å². The molecule has 0 bridgehead atoms. The topological polar surface area (TPSA) is 125 Å². The number of nitrogens with two attached hydrogens (primary N) is 1. The van der Waals surface area contributed by atoms with Gasteiger partial charge in [0.15, 0.2) is 0 Å². The predicted molar refractivity (Wildman–Crippen MR) is 100 cm³/mol. The van der Waals surface area contributed by atoms with Gasteiger partial charge in [0.1, 0.15) is 0 Å². The molecule has 0 fully saturated rings. The molecule has 1 heterocycles. The zero-order valence-corrected chi connectivity index (χ0v) is 15.2. The van der Waals surface area contributed by atoms with Gasteiger partial charge in [0.05, 0.1) is 11.7 Å². The van der Waals surface area contributed by atoms with Gasteiger partial charge in [-0.15, -0.1) is 11.3 Å². The van der Waals surface area contributed by atoms with Crippen molar-refractivity contribution in [3.8, 4) is 0 Å². The van der Waals surface area contributed by atoms with Crippen LogP contribution in [-0.2, 0) is 4.79 Å². The molecule has 4 amide bonds. The van der Waals surface area contributed by atoms with Gasteiger partial charge in [-0.2, -0.15) is 0 Å². The molecule has 1 atom stereocenters. The van der Waals surface area contributed by atoms with Gasteiger partial charge in [-0.25, -0.2) is 4.79 Å². The standard InChI is InChI=1S/C17H22N4O4S/c1-21(10-12(22)9-20-14(23)5-7-19-17(18)25)16(24)13-4-2-3-11-6-8-26-15(11)13/h2-4,6,8,12,22H,5,7,9-10H2,1H3,(H,20,23)(H3,18,19,25). The van der Waals surface area contributed by atoms with E-state index in [0.29, 0.717) is 5.56 Å². The molecule has 0 saturated heterocycles. The molecule has 2 aromatic rings. The number of fused-ring (bicyclic) bond motifs is 1. The van der Waals surface area contributed by atoms with Gasteiger partial charge in [-0.1, -0.05) is 12.1 Å². The van der Waals surface area contributed by atoms with Crippen LogP contribution in [0, 0.1) is 0 Å². The number of benzene rings is 1. The summed E-state index contributed by atoms with van der Waals surface area (Å²) in [6.07, 6.45) is -0.843. The fourth-order valence-electron chi connectivity index (χ4n) is 2.45. The van der Waals surface area contributed by atoms with Gasteiger partial charge >= 0.3 is 6.03 Å². The van der Waals surface area contributed by atoms with Crippen molar-refractivity contribution >= 4 is 39.3 Å². The van der Waals surface area contributed by atoms with Crippen LogP contribution in [0.15, 0.2) is 29.6 Å². The van der Waals surface area contributed by atoms with E-state index in [1.54, 1.807) is 13.1 Å². The molecule has 0 radical (unpaired) electrons. The minimum atomic E-state index is -0.903. The molecule has 140 valence electrons. The van der Waals surface area contributed by atoms with Crippen LogP contribution in [0.4, 0.5) is 4.79 Å². The number of amides is 4. The molecule has 2 rings (SSSR count). The summed E-state index contributed by atoms with van der Waals surface area (Å²) in [7, 11) is 1.61. The Kier molecular flexibility index (Phi) is 6.93. The molecule has 0 saturated carbocycles. The summed E-state index contributed by atoms with van der Waals surface area (Å²) in [4.78, 5) is 36.2. The highest BCUT2D eigenvalue weighted by Gasteiger charge is 2.18. The number of nitrogens with one attached hydrogen (secondary N) is 2. The molecule has 1 aromatic carbocycles. The summed E-state index contributed by atoms with van der Waals surface area (Å²) in [5.41, 5.74) is 5.49. The number of hydrogen-bond acceptors (Lipinski definition) is 5. The number of urea groups is 1. The Labute approximate surface area is 155 Å². The maximum Gasteiger partial charge on any atom is 0.312 e. The van der Waals surface area contributed by atoms with E-state index in [2.05, 4.69) is 10.6 Å². The third kappa shape index (κ3) is 5.43. The van der Waals surface area contributed by atoms with Gasteiger partial charge in [0.2, 0.25) is 5.91 Å². The van der Waals surface area contributed by atoms with E-state index in [-0.39, 0.29) is 37.9 Å². The van der Waals surface area contributed by atoms with E-state index in [0.717, 1.165) is 10.1 Å². The van der Waals surface area contributed by atoms with Crippen LogP contribution in [0.3, 0.4) is 0 Å². The molecular formula is C17H22N4O4S. The quantitative estimate of drug-likeness (QED) is 0.534. The number of rotatable bonds is 8. The van der Waals surface area contributed by atoms with Crippen molar-refractivity contribution in [3.05, 3.63) is 35.2 Å². The third-order valence-corrected chi connectivity index (χ3v) is 4.69. The lowest BCUT2D eigenvalue weighted by molar-refractivity contribution is -0.121. The van der Waals surface area contributed by atoms with E-state index in [1.165, 1.54) is 16.2 Å². The Morgan fingerprint density at radius 2 is 2.04 bits per heavy atom. The van der Waals surface area contributed by atoms with Gasteiger partial charge in [-0.05, 0) is 22.9 Å². The molecule has 26 heavy (non-hydrogen) atoms. The van der Waals surface area contributed by atoms with Gasteiger partial charge in [0, 0.05) is 37.8 Å². The molecule has 9 heteroatoms. The largest absolute Gasteiger partial charge is 0.389 e. The van der Waals surface area contributed by atoms with Gasteiger partial charge in [0.25, 0.3) is 5.91 Å². The summed E-state index contributed by atoms with van der Waals surface area (Å²) < 4.78 is 0.911. The van der Waals surface area contributed by atoms with E-state index in [4.69, 9.17) is 5.73 Å². The monoisotopic (exact) mass is 378 g/mol. The van der Waals surface area contributed by atoms with Crippen molar-refractivity contribution in [1.29, 1.82) is 0 Å². The minimum Gasteiger partial charge on any atom is -0.389 e. The summed E-state index contributed by atoms with van der Waals surface area (Å²) in [5.74, 6) is -0.510. The number of aliphatic hydroxyl groups is 1. The second-order valence-corrected chi connectivity index (χ2v) is 6.75. The Hall–Kier alpha value is -2.65. The average molecular weight is 378 g/mol. The zero-order chi connectivity index (χ0) is 19.1. The van der Waals surface area contributed by atoms with Crippen LogP contribution in [0.5, 0.6) is 0 Å². The molecule has 0 aliphatic heterocycles. The summed E-state index contributed by atoms with van der Waals surface area (Å²) in [5, 5.41) is 17.8. The number of carbonyl (C=O) groups excluding carboxylic acids is 3. The molecular weight excluding hydrogens is 356 g/mol. The van der Waals surface area contributed by atoms with E-state index in [9.17, 15) is 19.5 Å². The lowest BCUT2D eigenvalue weighted by Crippen LogP contribution is -2.41. The third-order valence-electron chi connectivity index (χ3n) is 3.73. The highest BCUT2D eigenvalue weighted by Crippen LogP contribution is 2.25. The average Bonchev–Trinajstić information content (AvgIpc) is 3.07. The van der Waals surface area contributed by atoms with Crippen molar-refractivity contribution < 1.29 is 19.5 Å². The van der Waals surface area contributed by atoms with Crippen LogP contribution in [0.1, 0.15) is 16.8 Å². The maximum atomic E-state index is 12.6. The van der Waals surface area contributed by atoms with Crippen LogP contribution in [0.2, 0.25) is 0 Å². The second kappa shape index (κ2) is 9.16. The normalized spacial score (nSPS) is 11.8. The second-order valence-electron chi connectivity index (χ2n) is 5.83. The van der Waals surface area contributed by atoms with Crippen molar-refractivity contribution in [2.24, 2.45) is 5.73 Å². The minimum absolute atomic E-state index is 0.0101. The highest BCUT2D eigenvalue weighted by atomic mass is 32.1. The van der Waals surface area contributed by atoms with Gasteiger partial charge < -0.3 is 26.4 Å². The molecule has 5 N–H and O–H groups in total. The SMILES string of the molecule is CN(CC(O)CNC(=O)CCNC(N)=O)C(=O)c1cccc2ccsc12. The first kappa shape index (κ1) is 19.7. The van der Waals surface area contributed by atoms with E-state index < -0.39 is 12.1 Å². The van der Waals surface area contributed by atoms with Crippen molar-refractivity contribution in [3.63, 3.8) is 0 Å². The predicted octanol–water partition coefficient (Wildman–Crippen LogP) is 0.509. The molecule has 1 unspecified atom stereocenters. The molecule has 0 aliphatic rings. The summed E-state index contributed by atoms with van der Waals surface area (Å²) >= 11 is 1.50. The zero-order valence-electron chi connectivity index (χ0n) is 14.4. The van der Waals surface area contributed by atoms with Crippen LogP contribution in [-0.4, -0.2) is 60.6 Å². The highest BCUT2D eigenvalue weighted by molar-refractivity contribution is 7.17. The first-order valence-electron chi connectivity index (χ1n) is 8.08. The summed E-state index contributed by atoms with van der Waals surface area (Å²) in [6.45, 7) is 0.219. The number of thiophene rings is 1. The van der Waals surface area contributed by atoms with Crippen molar-refractivity contribution in [2.45, 2.75) is 12.5 Å². The molecule has 0 aliphatic carbocycles. The first-order chi connectivity index (χ1) is 12.4. The first-order valence-corrected chi connectivity index (χ1v) is 8.96. The lowest BCUT2D eigenvalue weighted by Gasteiger charge is -2.21. The fraction of sp³-hybridized carbons (Fsp3) is 0.353.